The van der Waals surface area contributed by atoms with Crippen molar-refractivity contribution in [3.05, 3.63) is 17.8 Å². The monoisotopic (exact) mass is 265 g/mol. The molecule has 0 aromatic carbocycles. The predicted molar refractivity (Wildman–Crippen MR) is 68.8 cm³/mol. The lowest BCUT2D eigenvalue weighted by atomic mass is 10.1. The smallest absolute Gasteiger partial charge is 0.248 e. The van der Waals surface area contributed by atoms with Gasteiger partial charge in [0.1, 0.15) is 6.61 Å². The fraction of sp³-hybridized carbons (Fsp3) is 0.615. The summed E-state index contributed by atoms with van der Waals surface area (Å²) in [5.74, 6) is 0.927. The van der Waals surface area contributed by atoms with Crippen molar-refractivity contribution in [2.75, 3.05) is 33.4 Å². The lowest BCUT2D eigenvalue weighted by Crippen LogP contribution is -2.32. The molecule has 1 unspecified atom stereocenters. The standard InChI is InChI=1S/C13H19N3O3/c1-10-3-4-12(15-14-10)19-8-11-5-6-16(7-11)13(17)9-18-2/h3-4,11H,5-9H2,1-2H3. The molecule has 1 amide bonds. The number of carbonyl (C=O) groups is 1. The summed E-state index contributed by atoms with van der Waals surface area (Å²) in [4.78, 5) is 13.5. The first kappa shape index (κ1) is 13.7. The van der Waals surface area contributed by atoms with Crippen molar-refractivity contribution in [3.8, 4) is 5.88 Å². The summed E-state index contributed by atoms with van der Waals surface area (Å²) in [5.41, 5.74) is 0.865. The highest BCUT2D eigenvalue weighted by molar-refractivity contribution is 5.77. The van der Waals surface area contributed by atoms with Gasteiger partial charge in [-0.15, -0.1) is 5.10 Å². The molecule has 6 heteroatoms. The number of aromatic nitrogens is 2. The fourth-order valence-electron chi connectivity index (χ4n) is 2.08. The van der Waals surface area contributed by atoms with Crippen molar-refractivity contribution >= 4 is 5.91 Å². The van der Waals surface area contributed by atoms with Crippen LogP contribution in [0.25, 0.3) is 0 Å². The van der Waals surface area contributed by atoms with Crippen LogP contribution >= 0.6 is 0 Å². The summed E-state index contributed by atoms with van der Waals surface area (Å²) in [7, 11) is 1.53. The van der Waals surface area contributed by atoms with E-state index < -0.39 is 0 Å². The summed E-state index contributed by atoms with van der Waals surface area (Å²) in [6.45, 7) is 4.09. The van der Waals surface area contributed by atoms with E-state index in [4.69, 9.17) is 9.47 Å². The molecule has 0 saturated carbocycles. The van der Waals surface area contributed by atoms with E-state index in [2.05, 4.69) is 10.2 Å². The van der Waals surface area contributed by atoms with E-state index in [0.29, 0.717) is 18.4 Å². The number of likely N-dealkylation sites (tertiary alicyclic amines) is 1. The van der Waals surface area contributed by atoms with E-state index in [9.17, 15) is 4.79 Å². The molecule has 1 aliphatic heterocycles. The van der Waals surface area contributed by atoms with Gasteiger partial charge in [0.05, 0.1) is 12.3 Å². The number of ether oxygens (including phenoxy) is 2. The van der Waals surface area contributed by atoms with Gasteiger partial charge >= 0.3 is 0 Å². The number of carbonyl (C=O) groups excluding carboxylic acids is 1. The largest absolute Gasteiger partial charge is 0.476 e. The molecular weight excluding hydrogens is 246 g/mol. The van der Waals surface area contributed by atoms with E-state index in [-0.39, 0.29) is 12.5 Å². The van der Waals surface area contributed by atoms with E-state index in [0.717, 1.165) is 25.2 Å². The van der Waals surface area contributed by atoms with Crippen LogP contribution < -0.4 is 4.74 Å². The number of hydrogen-bond acceptors (Lipinski definition) is 5. The van der Waals surface area contributed by atoms with E-state index in [1.807, 2.05) is 24.0 Å². The number of hydrogen-bond donors (Lipinski definition) is 0. The molecular formula is C13H19N3O3. The maximum Gasteiger partial charge on any atom is 0.248 e. The van der Waals surface area contributed by atoms with Crippen LogP contribution in [0, 0.1) is 12.8 Å². The van der Waals surface area contributed by atoms with Gasteiger partial charge in [0.25, 0.3) is 0 Å². The fourth-order valence-corrected chi connectivity index (χ4v) is 2.08. The Kier molecular flexibility index (Phi) is 4.68. The molecule has 0 spiro atoms. The normalized spacial score (nSPS) is 18.6. The number of rotatable bonds is 5. The molecule has 1 aromatic heterocycles. The Morgan fingerprint density at radius 1 is 1.47 bits per heavy atom. The quantitative estimate of drug-likeness (QED) is 0.782. The summed E-state index contributed by atoms with van der Waals surface area (Å²) < 4.78 is 10.4. The van der Waals surface area contributed by atoms with Gasteiger partial charge in [0.15, 0.2) is 0 Å². The summed E-state index contributed by atoms with van der Waals surface area (Å²) in [6, 6.07) is 3.68. The molecule has 1 fully saturated rings. The first-order valence-electron chi connectivity index (χ1n) is 6.39. The second-order valence-electron chi connectivity index (χ2n) is 4.75. The second kappa shape index (κ2) is 6.47. The van der Waals surface area contributed by atoms with Crippen LogP contribution in [0.2, 0.25) is 0 Å². The third kappa shape index (κ3) is 3.89. The van der Waals surface area contributed by atoms with Crippen molar-refractivity contribution in [1.29, 1.82) is 0 Å². The number of nitrogens with zero attached hydrogens (tertiary/aromatic N) is 3. The molecule has 1 aliphatic rings. The van der Waals surface area contributed by atoms with E-state index in [1.54, 1.807) is 0 Å². The number of aryl methyl sites for hydroxylation is 1. The molecule has 2 rings (SSSR count). The maximum atomic E-state index is 11.6. The Balaban J connectivity index is 1.76. The molecule has 0 radical (unpaired) electrons. The summed E-state index contributed by atoms with van der Waals surface area (Å²) in [5, 5.41) is 7.89. The summed E-state index contributed by atoms with van der Waals surface area (Å²) in [6.07, 6.45) is 0.953. The van der Waals surface area contributed by atoms with Crippen molar-refractivity contribution in [2.24, 2.45) is 5.92 Å². The van der Waals surface area contributed by atoms with Crippen LogP contribution in [-0.4, -0.2) is 54.4 Å². The minimum Gasteiger partial charge on any atom is -0.476 e. The lowest BCUT2D eigenvalue weighted by Gasteiger charge is -2.16. The zero-order valence-corrected chi connectivity index (χ0v) is 11.3. The zero-order valence-electron chi connectivity index (χ0n) is 11.3. The van der Waals surface area contributed by atoms with Gasteiger partial charge in [-0.2, -0.15) is 5.10 Å². The maximum absolute atomic E-state index is 11.6. The minimum absolute atomic E-state index is 0.0418. The van der Waals surface area contributed by atoms with Crippen LogP contribution in [0.3, 0.4) is 0 Å². The van der Waals surface area contributed by atoms with Gasteiger partial charge in [-0.05, 0) is 19.4 Å². The topological polar surface area (TPSA) is 64.5 Å². The number of methoxy groups -OCH3 is 1. The average molecular weight is 265 g/mol. The van der Waals surface area contributed by atoms with Gasteiger partial charge in [-0.25, -0.2) is 0 Å². The van der Waals surface area contributed by atoms with Crippen LogP contribution in [0.5, 0.6) is 5.88 Å². The van der Waals surface area contributed by atoms with Gasteiger partial charge in [-0.3, -0.25) is 4.79 Å². The highest BCUT2D eigenvalue weighted by Gasteiger charge is 2.26. The Morgan fingerprint density at radius 3 is 3.00 bits per heavy atom. The third-order valence-corrected chi connectivity index (χ3v) is 3.15. The number of amides is 1. The van der Waals surface area contributed by atoms with E-state index >= 15 is 0 Å². The highest BCUT2D eigenvalue weighted by Crippen LogP contribution is 2.17. The Morgan fingerprint density at radius 2 is 2.32 bits per heavy atom. The highest BCUT2D eigenvalue weighted by atomic mass is 16.5. The van der Waals surface area contributed by atoms with Gasteiger partial charge in [0.2, 0.25) is 11.8 Å². The van der Waals surface area contributed by atoms with Crippen molar-refractivity contribution < 1.29 is 14.3 Å². The van der Waals surface area contributed by atoms with Crippen molar-refractivity contribution in [3.63, 3.8) is 0 Å². The van der Waals surface area contributed by atoms with Crippen molar-refractivity contribution in [1.82, 2.24) is 15.1 Å². The molecule has 0 bridgehead atoms. The molecule has 19 heavy (non-hydrogen) atoms. The average Bonchev–Trinajstić information content (AvgIpc) is 2.87. The Hall–Kier alpha value is -1.69. The van der Waals surface area contributed by atoms with Crippen molar-refractivity contribution in [2.45, 2.75) is 13.3 Å². The molecule has 6 nitrogen and oxygen atoms in total. The van der Waals surface area contributed by atoms with Crippen LogP contribution in [0.15, 0.2) is 12.1 Å². The zero-order chi connectivity index (χ0) is 13.7. The lowest BCUT2D eigenvalue weighted by molar-refractivity contribution is -0.134. The second-order valence-corrected chi connectivity index (χ2v) is 4.75. The molecule has 1 aromatic rings. The van der Waals surface area contributed by atoms with Crippen LogP contribution in [0.4, 0.5) is 0 Å². The van der Waals surface area contributed by atoms with Crippen LogP contribution in [-0.2, 0) is 9.53 Å². The molecule has 1 atom stereocenters. The van der Waals surface area contributed by atoms with Gasteiger partial charge < -0.3 is 14.4 Å². The van der Waals surface area contributed by atoms with Gasteiger partial charge in [-0.1, -0.05) is 0 Å². The molecule has 104 valence electrons. The minimum atomic E-state index is 0.0418. The molecule has 2 heterocycles. The first-order valence-corrected chi connectivity index (χ1v) is 6.39. The SMILES string of the molecule is COCC(=O)N1CCC(COc2ccc(C)nn2)C1. The molecule has 0 N–H and O–H groups in total. The molecule has 0 aliphatic carbocycles. The first-order chi connectivity index (χ1) is 9.19. The predicted octanol–water partition coefficient (Wildman–Crippen LogP) is 0.659. The molecule has 1 saturated heterocycles. The Bertz CT molecular complexity index is 422. The van der Waals surface area contributed by atoms with Gasteiger partial charge in [0, 0.05) is 32.2 Å². The summed E-state index contributed by atoms with van der Waals surface area (Å²) >= 11 is 0. The van der Waals surface area contributed by atoms with Crippen LogP contribution in [0.1, 0.15) is 12.1 Å². The Labute approximate surface area is 112 Å². The third-order valence-electron chi connectivity index (χ3n) is 3.15. The van der Waals surface area contributed by atoms with E-state index in [1.165, 1.54) is 7.11 Å².